The zero-order chi connectivity index (χ0) is 25.7. The lowest BCUT2D eigenvalue weighted by Gasteiger charge is -2.26. The molecule has 2 bridgehead atoms. The molecule has 0 unspecified atom stereocenters. The maximum atomic E-state index is 10.8. The van der Waals surface area contributed by atoms with Crippen molar-refractivity contribution < 1.29 is 10.2 Å². The zero-order valence-corrected chi connectivity index (χ0v) is 21.5. The van der Waals surface area contributed by atoms with Crippen LogP contribution in [0.4, 0.5) is 0 Å². The first kappa shape index (κ1) is 26.1. The number of phenolic OH excluding ortho intramolecular Hbond substituents is 2. The number of hydrogen-bond acceptors (Lipinski definition) is 7. The normalized spacial score (nSPS) is 15.6. The van der Waals surface area contributed by atoms with Crippen molar-refractivity contribution in [2.45, 2.75) is 59.4 Å². The Morgan fingerprint density at radius 3 is 1.89 bits per heavy atom. The van der Waals surface area contributed by atoms with E-state index in [1.54, 1.807) is 0 Å². The average Bonchev–Trinajstić information content (AvgIpc) is 2.88. The number of aryl methyl sites for hydroxylation is 2. The molecule has 6 N–H and O–H groups in total. The largest absolute Gasteiger partial charge is 0.507 e. The SMILES string of the molecule is Cc1cc(CN)c(O)c(CN2CCCN(Cc3cc(C)cc(CN)c3O)Cc3cccc(n3)CC2)c1. The first-order valence-electron chi connectivity index (χ1n) is 12.8. The fraction of sp³-hybridized carbons (Fsp3) is 0.414. The van der Waals surface area contributed by atoms with Crippen molar-refractivity contribution in [1.29, 1.82) is 0 Å². The molecule has 0 fully saturated rings. The van der Waals surface area contributed by atoms with Crippen LogP contribution in [0.15, 0.2) is 42.5 Å². The molecule has 0 radical (unpaired) electrons. The summed E-state index contributed by atoms with van der Waals surface area (Å²) in [6, 6.07) is 14.2. The number of pyridine rings is 1. The molecule has 7 heteroatoms. The summed E-state index contributed by atoms with van der Waals surface area (Å²) in [6.07, 6.45) is 1.81. The Hall–Kier alpha value is -2.97. The van der Waals surface area contributed by atoms with E-state index in [2.05, 4.69) is 34.1 Å². The topological polar surface area (TPSA) is 112 Å². The molecule has 1 aromatic heterocycles. The molecule has 4 rings (SSSR count). The summed E-state index contributed by atoms with van der Waals surface area (Å²) in [7, 11) is 0. The van der Waals surface area contributed by atoms with E-state index in [1.165, 1.54) is 0 Å². The van der Waals surface area contributed by atoms with Gasteiger partial charge in [-0.3, -0.25) is 14.8 Å². The summed E-state index contributed by atoms with van der Waals surface area (Å²) in [4.78, 5) is 9.67. The molecule has 0 aliphatic carbocycles. The van der Waals surface area contributed by atoms with Gasteiger partial charge in [0.05, 0.1) is 5.69 Å². The van der Waals surface area contributed by atoms with E-state index in [0.717, 1.165) is 83.8 Å². The number of phenols is 2. The van der Waals surface area contributed by atoms with Gasteiger partial charge in [-0.05, 0) is 38.9 Å². The second-order valence-electron chi connectivity index (χ2n) is 9.98. The monoisotopic (exact) mass is 489 g/mol. The van der Waals surface area contributed by atoms with Crippen LogP contribution in [0.3, 0.4) is 0 Å². The lowest BCUT2D eigenvalue weighted by molar-refractivity contribution is 0.211. The van der Waals surface area contributed by atoms with Crippen molar-refractivity contribution in [2.75, 3.05) is 19.6 Å². The highest BCUT2D eigenvalue weighted by molar-refractivity contribution is 5.44. The highest BCUT2D eigenvalue weighted by Gasteiger charge is 2.18. The maximum Gasteiger partial charge on any atom is 0.124 e. The molecule has 0 atom stereocenters. The minimum absolute atomic E-state index is 0.298. The predicted octanol–water partition coefficient (Wildman–Crippen LogP) is 3.48. The van der Waals surface area contributed by atoms with Crippen LogP contribution < -0.4 is 11.5 Å². The predicted molar refractivity (Wildman–Crippen MR) is 143 cm³/mol. The Morgan fingerprint density at radius 1 is 0.750 bits per heavy atom. The fourth-order valence-corrected chi connectivity index (χ4v) is 5.16. The van der Waals surface area contributed by atoms with Crippen LogP contribution in [0, 0.1) is 13.8 Å². The highest BCUT2D eigenvalue weighted by atomic mass is 16.3. The number of aromatic hydroxyl groups is 2. The molecule has 0 saturated carbocycles. The third kappa shape index (κ3) is 6.42. The smallest absolute Gasteiger partial charge is 0.124 e. The Balaban J connectivity index is 1.56. The standard InChI is InChI=1S/C29H39N5O2/c1-20-11-22(15-30)28(35)24(13-20)17-33-8-4-9-34(19-27-6-3-5-26(32-27)7-10-33)18-25-14-21(2)12-23(16-31)29(25)36/h3,5-6,11-14,35-36H,4,7-10,15-19,30-31H2,1-2H3. The molecular weight excluding hydrogens is 450 g/mol. The molecule has 36 heavy (non-hydrogen) atoms. The van der Waals surface area contributed by atoms with Gasteiger partial charge in [-0.25, -0.2) is 0 Å². The molecule has 1 aliphatic rings. The van der Waals surface area contributed by atoms with Gasteiger partial charge < -0.3 is 21.7 Å². The minimum Gasteiger partial charge on any atom is -0.507 e. The van der Waals surface area contributed by atoms with Crippen LogP contribution in [0.2, 0.25) is 0 Å². The van der Waals surface area contributed by atoms with Crippen molar-refractivity contribution >= 4 is 0 Å². The number of rotatable bonds is 6. The molecule has 192 valence electrons. The van der Waals surface area contributed by atoms with Gasteiger partial charge in [0.1, 0.15) is 11.5 Å². The zero-order valence-electron chi connectivity index (χ0n) is 21.5. The van der Waals surface area contributed by atoms with Gasteiger partial charge >= 0.3 is 0 Å². The van der Waals surface area contributed by atoms with Gasteiger partial charge in [0.2, 0.25) is 0 Å². The van der Waals surface area contributed by atoms with Gasteiger partial charge in [0.15, 0.2) is 0 Å². The van der Waals surface area contributed by atoms with Gasteiger partial charge in [-0.15, -0.1) is 0 Å². The number of aromatic nitrogens is 1. The summed E-state index contributed by atoms with van der Waals surface area (Å²) in [5.74, 6) is 0.608. The summed E-state index contributed by atoms with van der Waals surface area (Å²) >= 11 is 0. The summed E-state index contributed by atoms with van der Waals surface area (Å²) in [5.41, 5.74) is 19.4. The lowest BCUT2D eigenvalue weighted by atomic mass is 10.0. The Bertz CT molecular complexity index is 1200. The molecule has 2 aromatic carbocycles. The van der Waals surface area contributed by atoms with Gasteiger partial charge in [-0.2, -0.15) is 0 Å². The van der Waals surface area contributed by atoms with E-state index < -0.39 is 0 Å². The molecule has 7 nitrogen and oxygen atoms in total. The number of benzene rings is 2. The number of nitrogens with two attached hydrogens (primary N) is 2. The Kier molecular flexibility index (Phi) is 8.59. The molecule has 1 aliphatic heterocycles. The summed E-state index contributed by atoms with van der Waals surface area (Å²) < 4.78 is 0. The van der Waals surface area contributed by atoms with Gasteiger partial charge in [-0.1, -0.05) is 41.5 Å². The van der Waals surface area contributed by atoms with Crippen molar-refractivity contribution in [3.63, 3.8) is 0 Å². The van der Waals surface area contributed by atoms with Gasteiger partial charge in [0, 0.05) is 80.2 Å². The molecular formula is C29H39N5O2. The molecule has 0 amide bonds. The molecule has 0 spiro atoms. The second-order valence-corrected chi connectivity index (χ2v) is 9.98. The number of nitrogens with zero attached hydrogens (tertiary/aromatic N) is 3. The van der Waals surface area contributed by atoms with Crippen LogP contribution in [0.25, 0.3) is 0 Å². The van der Waals surface area contributed by atoms with Crippen LogP contribution in [0.1, 0.15) is 51.2 Å². The molecule has 3 aromatic rings. The summed E-state index contributed by atoms with van der Waals surface area (Å²) in [6.45, 7) is 9.35. The maximum absolute atomic E-state index is 10.8. The quantitative estimate of drug-likeness (QED) is 0.419. The Morgan fingerprint density at radius 2 is 1.28 bits per heavy atom. The average molecular weight is 490 g/mol. The van der Waals surface area contributed by atoms with E-state index in [4.69, 9.17) is 16.5 Å². The van der Waals surface area contributed by atoms with Crippen molar-refractivity contribution in [3.8, 4) is 11.5 Å². The first-order chi connectivity index (χ1) is 17.4. The molecule has 2 heterocycles. The third-order valence-corrected chi connectivity index (χ3v) is 6.93. The van der Waals surface area contributed by atoms with E-state index in [0.29, 0.717) is 37.7 Å². The van der Waals surface area contributed by atoms with Crippen molar-refractivity contribution in [2.24, 2.45) is 11.5 Å². The van der Waals surface area contributed by atoms with Crippen LogP contribution >= 0.6 is 0 Å². The molecule has 0 saturated heterocycles. The van der Waals surface area contributed by atoms with E-state index >= 15 is 0 Å². The van der Waals surface area contributed by atoms with E-state index in [1.807, 2.05) is 32.0 Å². The second kappa shape index (κ2) is 11.8. The number of fused-ring (bicyclic) bond motifs is 2. The lowest BCUT2D eigenvalue weighted by Crippen LogP contribution is -2.30. The van der Waals surface area contributed by atoms with Gasteiger partial charge in [0.25, 0.3) is 0 Å². The third-order valence-electron chi connectivity index (χ3n) is 6.93. The van der Waals surface area contributed by atoms with Crippen LogP contribution in [-0.2, 0) is 39.1 Å². The summed E-state index contributed by atoms with van der Waals surface area (Å²) in [5, 5.41) is 21.6. The van der Waals surface area contributed by atoms with Crippen molar-refractivity contribution in [3.05, 3.63) is 87.2 Å². The van der Waals surface area contributed by atoms with E-state index in [-0.39, 0.29) is 0 Å². The highest BCUT2D eigenvalue weighted by Crippen LogP contribution is 2.28. The van der Waals surface area contributed by atoms with Crippen LogP contribution in [-0.4, -0.2) is 44.6 Å². The Labute approximate surface area is 214 Å². The van der Waals surface area contributed by atoms with E-state index in [9.17, 15) is 10.2 Å². The first-order valence-corrected chi connectivity index (χ1v) is 12.8. The van der Waals surface area contributed by atoms with Crippen molar-refractivity contribution in [1.82, 2.24) is 14.8 Å². The van der Waals surface area contributed by atoms with Crippen LogP contribution in [0.5, 0.6) is 11.5 Å². The fourth-order valence-electron chi connectivity index (χ4n) is 5.16. The number of hydrogen-bond donors (Lipinski definition) is 4. The minimum atomic E-state index is 0.298.